The van der Waals surface area contributed by atoms with Crippen molar-refractivity contribution in [1.82, 2.24) is 4.90 Å². The second-order valence-electron chi connectivity index (χ2n) is 5.37. The Morgan fingerprint density at radius 1 is 1.40 bits per heavy atom. The molecule has 0 radical (unpaired) electrons. The lowest BCUT2D eigenvalue weighted by molar-refractivity contribution is 0.0696. The molecular formula is C16H22N2O2. The summed E-state index contributed by atoms with van der Waals surface area (Å²) in [5, 5.41) is 17.7. The van der Waals surface area contributed by atoms with Crippen LogP contribution < -0.4 is 0 Å². The average Bonchev–Trinajstić information content (AvgIpc) is 2.42. The molecule has 0 fully saturated rings. The monoisotopic (exact) mass is 274 g/mol. The van der Waals surface area contributed by atoms with Crippen molar-refractivity contribution in [1.29, 1.82) is 5.26 Å². The molecule has 0 atom stereocenters. The van der Waals surface area contributed by atoms with Gasteiger partial charge in [0.1, 0.15) is 0 Å². The molecule has 0 saturated heterocycles. The van der Waals surface area contributed by atoms with E-state index in [0.717, 1.165) is 25.1 Å². The maximum atomic E-state index is 11.0. The summed E-state index contributed by atoms with van der Waals surface area (Å²) < 4.78 is 0. The Labute approximate surface area is 120 Å². The van der Waals surface area contributed by atoms with E-state index in [1.807, 2.05) is 6.07 Å². The van der Waals surface area contributed by atoms with Gasteiger partial charge in [-0.25, -0.2) is 4.79 Å². The highest BCUT2D eigenvalue weighted by atomic mass is 16.4. The third kappa shape index (κ3) is 5.85. The van der Waals surface area contributed by atoms with Crippen LogP contribution in [0, 0.1) is 17.2 Å². The zero-order chi connectivity index (χ0) is 15.0. The highest BCUT2D eigenvalue weighted by Crippen LogP contribution is 2.11. The molecule has 1 aromatic carbocycles. The second-order valence-corrected chi connectivity index (χ2v) is 5.37. The van der Waals surface area contributed by atoms with Gasteiger partial charge in [-0.3, -0.25) is 4.90 Å². The number of hydrogen-bond donors (Lipinski definition) is 1. The molecule has 0 aliphatic heterocycles. The highest BCUT2D eigenvalue weighted by molar-refractivity contribution is 5.87. The first-order chi connectivity index (χ1) is 9.52. The minimum absolute atomic E-state index is 0.312. The first-order valence-corrected chi connectivity index (χ1v) is 6.94. The first kappa shape index (κ1) is 16.2. The smallest absolute Gasteiger partial charge is 0.335 e. The van der Waals surface area contributed by atoms with Crippen LogP contribution in [0.2, 0.25) is 0 Å². The summed E-state index contributed by atoms with van der Waals surface area (Å²) in [5.41, 5.74) is 1.29. The van der Waals surface area contributed by atoms with Gasteiger partial charge in [-0.1, -0.05) is 26.0 Å². The van der Waals surface area contributed by atoms with Crippen molar-refractivity contribution in [2.24, 2.45) is 5.92 Å². The molecule has 108 valence electrons. The van der Waals surface area contributed by atoms with Crippen LogP contribution in [-0.2, 0) is 6.54 Å². The molecule has 0 spiro atoms. The molecule has 0 saturated carbocycles. The summed E-state index contributed by atoms with van der Waals surface area (Å²) >= 11 is 0. The fraction of sp³-hybridized carbons (Fsp3) is 0.500. The van der Waals surface area contributed by atoms with Gasteiger partial charge in [-0.15, -0.1) is 0 Å². The van der Waals surface area contributed by atoms with E-state index < -0.39 is 5.97 Å². The number of carboxylic acid groups (broad SMARTS) is 1. The van der Waals surface area contributed by atoms with Gasteiger partial charge in [0.25, 0.3) is 0 Å². The zero-order valence-corrected chi connectivity index (χ0v) is 12.2. The molecular weight excluding hydrogens is 252 g/mol. The summed E-state index contributed by atoms with van der Waals surface area (Å²) in [6.45, 7) is 6.69. The number of carbonyl (C=O) groups is 1. The lowest BCUT2D eigenvalue weighted by atomic mass is 10.1. The number of hydrogen-bond acceptors (Lipinski definition) is 3. The van der Waals surface area contributed by atoms with Gasteiger partial charge >= 0.3 is 5.97 Å². The van der Waals surface area contributed by atoms with Crippen LogP contribution in [0.4, 0.5) is 0 Å². The fourth-order valence-corrected chi connectivity index (χ4v) is 1.98. The van der Waals surface area contributed by atoms with Crippen molar-refractivity contribution in [3.63, 3.8) is 0 Å². The van der Waals surface area contributed by atoms with Crippen LogP contribution in [0.25, 0.3) is 0 Å². The zero-order valence-electron chi connectivity index (χ0n) is 12.2. The number of carboxylic acids is 1. The van der Waals surface area contributed by atoms with Crippen molar-refractivity contribution in [2.75, 3.05) is 13.1 Å². The number of benzene rings is 1. The van der Waals surface area contributed by atoms with Crippen molar-refractivity contribution >= 4 is 5.97 Å². The third-order valence-electron chi connectivity index (χ3n) is 3.14. The Balaban J connectivity index is 2.70. The van der Waals surface area contributed by atoms with Gasteiger partial charge in [0.05, 0.1) is 11.6 Å². The standard InChI is InChI=1S/C16H22N2O2/c1-13(2)7-10-18(9-4-8-17)12-14-5-3-6-15(11-14)16(19)20/h3,5-6,11,13H,4,7,9-10,12H2,1-2H3,(H,19,20). The van der Waals surface area contributed by atoms with E-state index in [-0.39, 0.29) is 0 Å². The largest absolute Gasteiger partial charge is 0.478 e. The summed E-state index contributed by atoms with van der Waals surface area (Å²) in [4.78, 5) is 13.2. The SMILES string of the molecule is CC(C)CCN(CCC#N)Cc1cccc(C(=O)O)c1. The number of nitrogens with zero attached hydrogens (tertiary/aromatic N) is 2. The van der Waals surface area contributed by atoms with E-state index in [4.69, 9.17) is 10.4 Å². The Bertz CT molecular complexity index is 478. The van der Waals surface area contributed by atoms with E-state index in [0.29, 0.717) is 24.4 Å². The van der Waals surface area contributed by atoms with Crippen molar-refractivity contribution < 1.29 is 9.90 Å². The van der Waals surface area contributed by atoms with E-state index in [1.165, 1.54) is 0 Å². The van der Waals surface area contributed by atoms with Crippen LogP contribution in [0.15, 0.2) is 24.3 Å². The molecule has 0 unspecified atom stereocenters. The van der Waals surface area contributed by atoms with Crippen LogP contribution in [0.1, 0.15) is 42.6 Å². The van der Waals surface area contributed by atoms with Gasteiger partial charge in [-0.2, -0.15) is 5.26 Å². The summed E-state index contributed by atoms with van der Waals surface area (Å²) in [7, 11) is 0. The molecule has 1 N–H and O–H groups in total. The Kier molecular flexibility index (Phi) is 6.75. The molecule has 20 heavy (non-hydrogen) atoms. The predicted octanol–water partition coefficient (Wildman–Crippen LogP) is 3.15. The molecule has 1 rings (SSSR count). The number of rotatable bonds is 8. The Morgan fingerprint density at radius 2 is 2.15 bits per heavy atom. The Morgan fingerprint density at radius 3 is 2.75 bits per heavy atom. The van der Waals surface area contributed by atoms with Crippen LogP contribution in [0.3, 0.4) is 0 Å². The van der Waals surface area contributed by atoms with Gasteiger partial charge in [0, 0.05) is 19.5 Å². The molecule has 0 heterocycles. The van der Waals surface area contributed by atoms with E-state index in [1.54, 1.807) is 18.2 Å². The molecule has 0 aliphatic rings. The van der Waals surface area contributed by atoms with E-state index in [9.17, 15) is 4.79 Å². The van der Waals surface area contributed by atoms with Crippen molar-refractivity contribution in [3.8, 4) is 6.07 Å². The lowest BCUT2D eigenvalue weighted by Gasteiger charge is -2.22. The number of aromatic carboxylic acids is 1. The quantitative estimate of drug-likeness (QED) is 0.791. The summed E-state index contributed by atoms with van der Waals surface area (Å²) in [6.07, 6.45) is 1.57. The van der Waals surface area contributed by atoms with Gasteiger partial charge in [-0.05, 0) is 36.6 Å². The summed E-state index contributed by atoms with van der Waals surface area (Å²) in [6, 6.07) is 9.17. The molecule has 4 heteroatoms. The maximum absolute atomic E-state index is 11.0. The normalized spacial score (nSPS) is 10.8. The second kappa shape index (κ2) is 8.34. The number of nitriles is 1. The predicted molar refractivity (Wildman–Crippen MR) is 78.4 cm³/mol. The van der Waals surface area contributed by atoms with Crippen molar-refractivity contribution in [2.45, 2.75) is 33.2 Å². The van der Waals surface area contributed by atoms with Crippen LogP contribution >= 0.6 is 0 Å². The maximum Gasteiger partial charge on any atom is 0.335 e. The van der Waals surface area contributed by atoms with Crippen LogP contribution in [-0.4, -0.2) is 29.1 Å². The molecule has 1 aromatic rings. The Hall–Kier alpha value is -1.86. The van der Waals surface area contributed by atoms with E-state index >= 15 is 0 Å². The molecule has 4 nitrogen and oxygen atoms in total. The molecule has 0 amide bonds. The summed E-state index contributed by atoms with van der Waals surface area (Å²) in [5.74, 6) is -0.289. The average molecular weight is 274 g/mol. The highest BCUT2D eigenvalue weighted by Gasteiger charge is 2.09. The topological polar surface area (TPSA) is 64.3 Å². The lowest BCUT2D eigenvalue weighted by Crippen LogP contribution is -2.26. The first-order valence-electron chi connectivity index (χ1n) is 6.94. The van der Waals surface area contributed by atoms with Gasteiger partial charge in [0.15, 0.2) is 0 Å². The van der Waals surface area contributed by atoms with E-state index in [2.05, 4.69) is 24.8 Å². The van der Waals surface area contributed by atoms with Crippen LogP contribution in [0.5, 0.6) is 0 Å². The minimum Gasteiger partial charge on any atom is -0.478 e. The molecule has 0 aromatic heterocycles. The molecule has 0 bridgehead atoms. The minimum atomic E-state index is -0.905. The van der Waals surface area contributed by atoms with Gasteiger partial charge < -0.3 is 5.11 Å². The fourth-order valence-electron chi connectivity index (χ4n) is 1.98. The molecule has 0 aliphatic carbocycles. The van der Waals surface area contributed by atoms with Gasteiger partial charge in [0.2, 0.25) is 0 Å². The third-order valence-corrected chi connectivity index (χ3v) is 3.14. The van der Waals surface area contributed by atoms with Crippen molar-refractivity contribution in [3.05, 3.63) is 35.4 Å².